The van der Waals surface area contributed by atoms with Gasteiger partial charge < -0.3 is 34.7 Å². The van der Waals surface area contributed by atoms with Gasteiger partial charge in [0, 0.05) is 0 Å². The van der Waals surface area contributed by atoms with Crippen molar-refractivity contribution >= 4 is 15.6 Å². The molecule has 0 unspecified atom stereocenters. The van der Waals surface area contributed by atoms with Crippen molar-refractivity contribution < 1.29 is 97.6 Å². The van der Waals surface area contributed by atoms with Crippen molar-refractivity contribution in [1.82, 2.24) is 5.32 Å². The van der Waals surface area contributed by atoms with Crippen LogP contribution in [0.4, 0.5) is 0 Å². The standard InChI is InChI=1S/C6H13N.2Na.2H3O4P/c1-2-4-6-7-5-3-1;;;2*1-5(2,3)4/h7H,1-6H2;;;2*(H3,1,2,3,4)/q;2*+1;;/p-2. The maximum atomic E-state index is 8.77. The first kappa shape index (κ1) is 29.2. The predicted octanol–water partition coefficient (Wildman–Crippen LogP) is -7.96. The van der Waals surface area contributed by atoms with Crippen molar-refractivity contribution in [2.24, 2.45) is 0 Å². The van der Waals surface area contributed by atoms with Gasteiger partial charge in [0.1, 0.15) is 0 Å². The summed E-state index contributed by atoms with van der Waals surface area (Å²) in [6.45, 7) is 2.50. The number of nitrogens with one attached hydrogen (secondary N) is 1. The monoisotopic (exact) mass is 339 g/mol. The zero-order valence-corrected chi connectivity index (χ0v) is 16.8. The summed E-state index contributed by atoms with van der Waals surface area (Å²) in [5, 5.41) is 3.35. The van der Waals surface area contributed by atoms with Crippen molar-refractivity contribution in [3.8, 4) is 0 Å². The average Bonchev–Trinajstić information content (AvgIpc) is 2.26. The van der Waals surface area contributed by atoms with Gasteiger partial charge in [-0.3, -0.25) is 9.13 Å². The Labute approximate surface area is 156 Å². The first-order chi connectivity index (χ1) is 7.50. The summed E-state index contributed by atoms with van der Waals surface area (Å²) in [5.74, 6) is 0. The summed E-state index contributed by atoms with van der Waals surface area (Å²) in [7, 11) is -9.78. The number of hydrogen-bond donors (Lipinski definition) is 5. The molecule has 0 bridgehead atoms. The van der Waals surface area contributed by atoms with E-state index in [2.05, 4.69) is 5.32 Å². The second kappa shape index (κ2) is 16.5. The quantitative estimate of drug-likeness (QED) is 0.212. The Kier molecular flexibility index (Phi) is 25.5. The number of phosphoric acid groups is 2. The van der Waals surface area contributed by atoms with Gasteiger partial charge >= 0.3 is 59.1 Å². The van der Waals surface area contributed by atoms with Gasteiger partial charge in [-0.15, -0.1) is 0 Å². The summed E-state index contributed by atoms with van der Waals surface area (Å²) >= 11 is 0. The molecular formula is C6H17NNa2O8P2. The summed E-state index contributed by atoms with van der Waals surface area (Å²) in [6.07, 6.45) is 5.65. The van der Waals surface area contributed by atoms with Crippen LogP contribution in [0.2, 0.25) is 0 Å². The normalized spacial score (nSPS) is 15.1. The molecule has 0 atom stereocenters. The molecular weight excluding hydrogens is 322 g/mol. The summed E-state index contributed by atoms with van der Waals surface area (Å²) in [5.41, 5.74) is 0. The third-order valence-electron chi connectivity index (χ3n) is 1.46. The van der Waals surface area contributed by atoms with Crippen molar-refractivity contribution in [3.63, 3.8) is 0 Å². The Morgan fingerprint density at radius 2 is 0.947 bits per heavy atom. The zero-order valence-electron chi connectivity index (χ0n) is 11.1. The molecule has 1 fully saturated rings. The van der Waals surface area contributed by atoms with Gasteiger partial charge in [-0.05, 0) is 25.9 Å². The van der Waals surface area contributed by atoms with E-state index < -0.39 is 15.6 Å². The largest absolute Gasteiger partial charge is 1.00 e. The Morgan fingerprint density at radius 1 is 0.737 bits per heavy atom. The van der Waals surface area contributed by atoms with Crippen LogP contribution in [0.5, 0.6) is 0 Å². The van der Waals surface area contributed by atoms with Crippen LogP contribution in [0.15, 0.2) is 0 Å². The molecule has 1 rings (SSSR count). The van der Waals surface area contributed by atoms with Crippen LogP contribution < -0.4 is 74.2 Å². The van der Waals surface area contributed by atoms with Gasteiger partial charge in [-0.2, -0.15) is 0 Å². The molecule has 19 heavy (non-hydrogen) atoms. The molecule has 0 aliphatic carbocycles. The minimum absolute atomic E-state index is 0. The van der Waals surface area contributed by atoms with Crippen molar-refractivity contribution in [2.45, 2.75) is 25.7 Å². The van der Waals surface area contributed by atoms with Crippen LogP contribution in [-0.2, 0) is 9.13 Å². The van der Waals surface area contributed by atoms with Crippen LogP contribution in [0.25, 0.3) is 0 Å². The predicted molar refractivity (Wildman–Crippen MR) is 55.4 cm³/mol. The summed E-state index contributed by atoms with van der Waals surface area (Å²) < 4.78 is 17.5. The minimum atomic E-state index is -4.89. The van der Waals surface area contributed by atoms with Crippen LogP contribution in [0.1, 0.15) is 25.7 Å². The molecule has 13 heteroatoms. The van der Waals surface area contributed by atoms with E-state index in [0.29, 0.717) is 0 Å². The van der Waals surface area contributed by atoms with Crippen molar-refractivity contribution in [2.75, 3.05) is 13.1 Å². The van der Waals surface area contributed by atoms with Gasteiger partial charge in [0.2, 0.25) is 0 Å². The van der Waals surface area contributed by atoms with E-state index in [9.17, 15) is 0 Å². The van der Waals surface area contributed by atoms with E-state index in [1.807, 2.05) is 0 Å². The molecule has 1 aliphatic rings. The maximum Gasteiger partial charge on any atom is 1.00 e. The van der Waals surface area contributed by atoms with E-state index in [0.717, 1.165) is 0 Å². The maximum absolute atomic E-state index is 8.77. The summed E-state index contributed by atoms with van der Waals surface area (Å²) in [6, 6.07) is 0. The minimum Gasteiger partial charge on any atom is -0.756 e. The van der Waals surface area contributed by atoms with Gasteiger partial charge in [0.05, 0.1) is 0 Å². The fourth-order valence-corrected chi connectivity index (χ4v) is 0.979. The summed E-state index contributed by atoms with van der Waals surface area (Å²) in [4.78, 5) is 45.8. The molecule has 0 radical (unpaired) electrons. The van der Waals surface area contributed by atoms with Crippen LogP contribution in [0.3, 0.4) is 0 Å². The first-order valence-corrected chi connectivity index (χ1v) is 7.80. The molecule has 0 amide bonds. The molecule has 0 spiro atoms. The Hall–Kier alpha value is 2.18. The van der Waals surface area contributed by atoms with Gasteiger partial charge in [0.25, 0.3) is 15.6 Å². The van der Waals surface area contributed by atoms with Crippen molar-refractivity contribution in [1.29, 1.82) is 0 Å². The molecule has 0 aromatic rings. The third kappa shape index (κ3) is 79.1. The smallest absolute Gasteiger partial charge is 0.756 e. The number of hydrogen-bond acceptors (Lipinski definition) is 5. The second-order valence-electron chi connectivity index (χ2n) is 3.15. The molecule has 1 aliphatic heterocycles. The van der Waals surface area contributed by atoms with Crippen LogP contribution in [-0.4, -0.2) is 32.7 Å². The fourth-order valence-electron chi connectivity index (χ4n) is 0.979. The molecule has 9 nitrogen and oxygen atoms in total. The molecule has 5 N–H and O–H groups in total. The Morgan fingerprint density at radius 3 is 1.16 bits per heavy atom. The molecule has 1 heterocycles. The molecule has 0 saturated carbocycles. The molecule has 1 saturated heterocycles. The Bertz CT molecular complexity index is 214. The van der Waals surface area contributed by atoms with E-state index in [4.69, 9.17) is 38.5 Å². The second-order valence-corrected chi connectivity index (χ2v) is 5.11. The van der Waals surface area contributed by atoms with Gasteiger partial charge in [0.15, 0.2) is 0 Å². The molecule has 0 aromatic heterocycles. The SMILES string of the molecule is C1CCCNCC1.O=P([O-])(O)O.O=P([O-])(O)O.[Na+].[Na+]. The third-order valence-corrected chi connectivity index (χ3v) is 1.46. The Balaban J connectivity index is -0.0000000866. The van der Waals surface area contributed by atoms with Crippen molar-refractivity contribution in [3.05, 3.63) is 0 Å². The molecule has 0 aromatic carbocycles. The van der Waals surface area contributed by atoms with E-state index in [1.165, 1.54) is 38.8 Å². The van der Waals surface area contributed by atoms with Crippen LogP contribution in [0, 0.1) is 0 Å². The van der Waals surface area contributed by atoms with Crippen LogP contribution >= 0.6 is 15.6 Å². The molecule has 106 valence electrons. The first-order valence-electron chi connectivity index (χ1n) is 4.74. The van der Waals surface area contributed by atoms with Gasteiger partial charge in [-0.25, -0.2) is 0 Å². The zero-order chi connectivity index (χ0) is 13.9. The van der Waals surface area contributed by atoms with E-state index in [-0.39, 0.29) is 59.1 Å². The number of rotatable bonds is 0. The average molecular weight is 339 g/mol. The topological polar surface area (TPSA) is 173 Å². The fraction of sp³-hybridized carbons (Fsp3) is 1.00. The van der Waals surface area contributed by atoms with E-state index >= 15 is 0 Å². The van der Waals surface area contributed by atoms with E-state index in [1.54, 1.807) is 0 Å². The van der Waals surface area contributed by atoms with Gasteiger partial charge in [-0.1, -0.05) is 12.8 Å².